The molecule has 0 radical (unpaired) electrons. The van der Waals surface area contributed by atoms with Gasteiger partial charge < -0.3 is 10.2 Å². The molecular formula is C14H13NO3. The molecule has 2 N–H and O–H groups in total. The number of carbonyl (C=O) groups is 1. The third-order valence-electron chi connectivity index (χ3n) is 2.64. The van der Waals surface area contributed by atoms with E-state index in [-0.39, 0.29) is 6.42 Å². The van der Waals surface area contributed by atoms with E-state index in [1.165, 1.54) is 0 Å². The van der Waals surface area contributed by atoms with Crippen molar-refractivity contribution in [1.29, 1.82) is 0 Å². The Labute approximate surface area is 105 Å². The first-order valence-corrected chi connectivity index (χ1v) is 5.57. The molecule has 92 valence electrons. The molecule has 4 heteroatoms. The minimum Gasteiger partial charge on any atom is -0.479 e. The lowest BCUT2D eigenvalue weighted by Gasteiger charge is -2.07. The van der Waals surface area contributed by atoms with Crippen LogP contribution in [0.1, 0.15) is 5.56 Å². The van der Waals surface area contributed by atoms with Crippen LogP contribution < -0.4 is 0 Å². The number of hydrogen-bond donors (Lipinski definition) is 2. The second kappa shape index (κ2) is 5.42. The summed E-state index contributed by atoms with van der Waals surface area (Å²) in [6.07, 6.45) is 2.17. The first kappa shape index (κ1) is 12.3. The number of rotatable bonds is 4. The quantitative estimate of drug-likeness (QED) is 0.858. The number of carboxylic acids is 1. The molecule has 1 aromatic heterocycles. The first-order valence-electron chi connectivity index (χ1n) is 5.57. The van der Waals surface area contributed by atoms with E-state index < -0.39 is 12.1 Å². The molecule has 18 heavy (non-hydrogen) atoms. The fraction of sp³-hybridized carbons (Fsp3) is 0.143. The number of pyridine rings is 1. The lowest BCUT2D eigenvalue weighted by Crippen LogP contribution is -2.21. The monoisotopic (exact) mass is 243 g/mol. The predicted octanol–water partition coefficient (Wildman–Crippen LogP) is 1.74. The summed E-state index contributed by atoms with van der Waals surface area (Å²) in [5.74, 6) is -1.21. The van der Waals surface area contributed by atoms with Crippen molar-refractivity contribution in [2.45, 2.75) is 12.5 Å². The number of nitrogens with zero attached hydrogens (tertiary/aromatic N) is 1. The molecule has 0 saturated carbocycles. The molecule has 0 fully saturated rings. The van der Waals surface area contributed by atoms with Crippen LogP contribution in [0.25, 0.3) is 11.1 Å². The zero-order chi connectivity index (χ0) is 13.0. The van der Waals surface area contributed by atoms with Gasteiger partial charge in [-0.25, -0.2) is 4.79 Å². The van der Waals surface area contributed by atoms with Crippen LogP contribution in [0.15, 0.2) is 48.8 Å². The van der Waals surface area contributed by atoms with Crippen LogP contribution in [0.2, 0.25) is 0 Å². The third-order valence-corrected chi connectivity index (χ3v) is 2.64. The second-order valence-corrected chi connectivity index (χ2v) is 4.00. The average molecular weight is 243 g/mol. The van der Waals surface area contributed by atoms with Gasteiger partial charge in [-0.15, -0.1) is 0 Å². The summed E-state index contributed by atoms with van der Waals surface area (Å²) in [5, 5.41) is 18.0. The van der Waals surface area contributed by atoms with Gasteiger partial charge in [-0.1, -0.05) is 30.3 Å². The Morgan fingerprint density at radius 3 is 2.67 bits per heavy atom. The maximum absolute atomic E-state index is 10.6. The van der Waals surface area contributed by atoms with Gasteiger partial charge in [0.2, 0.25) is 0 Å². The van der Waals surface area contributed by atoms with E-state index in [1.807, 2.05) is 30.3 Å². The minimum atomic E-state index is -1.37. The van der Waals surface area contributed by atoms with Crippen molar-refractivity contribution in [2.75, 3.05) is 0 Å². The highest BCUT2D eigenvalue weighted by atomic mass is 16.4. The van der Waals surface area contributed by atoms with E-state index >= 15 is 0 Å². The van der Waals surface area contributed by atoms with Gasteiger partial charge in [-0.3, -0.25) is 4.98 Å². The second-order valence-electron chi connectivity index (χ2n) is 4.00. The van der Waals surface area contributed by atoms with E-state index in [2.05, 4.69) is 4.98 Å². The average Bonchev–Trinajstić information content (AvgIpc) is 2.40. The highest BCUT2D eigenvalue weighted by Crippen LogP contribution is 2.19. The highest BCUT2D eigenvalue weighted by molar-refractivity contribution is 5.72. The summed E-state index contributed by atoms with van der Waals surface area (Å²) in [6.45, 7) is 0. The number of carboxylic acid groups (broad SMARTS) is 1. The Morgan fingerprint density at radius 1 is 1.22 bits per heavy atom. The maximum atomic E-state index is 10.6. The van der Waals surface area contributed by atoms with Gasteiger partial charge in [0.25, 0.3) is 0 Å². The molecule has 0 aliphatic rings. The SMILES string of the molecule is O=C(O)C(O)Cc1cccc(-c2cccnc2)c1. The summed E-state index contributed by atoms with van der Waals surface area (Å²) in [7, 11) is 0. The fourth-order valence-electron chi connectivity index (χ4n) is 1.72. The molecule has 1 aromatic carbocycles. The van der Waals surface area contributed by atoms with Crippen molar-refractivity contribution in [3.63, 3.8) is 0 Å². The zero-order valence-corrected chi connectivity index (χ0v) is 9.65. The Hall–Kier alpha value is -2.20. The number of aromatic nitrogens is 1. The van der Waals surface area contributed by atoms with E-state index in [4.69, 9.17) is 5.11 Å². The van der Waals surface area contributed by atoms with Gasteiger partial charge in [0.05, 0.1) is 0 Å². The Kier molecular flexibility index (Phi) is 3.69. The fourth-order valence-corrected chi connectivity index (χ4v) is 1.72. The Bertz CT molecular complexity index is 540. The lowest BCUT2D eigenvalue weighted by molar-refractivity contribution is -0.146. The molecule has 1 heterocycles. The molecular weight excluding hydrogens is 230 g/mol. The topological polar surface area (TPSA) is 70.4 Å². The van der Waals surface area contributed by atoms with Crippen molar-refractivity contribution in [2.24, 2.45) is 0 Å². The number of benzene rings is 1. The number of aliphatic hydroxyl groups is 1. The van der Waals surface area contributed by atoms with Crippen molar-refractivity contribution in [3.8, 4) is 11.1 Å². The lowest BCUT2D eigenvalue weighted by atomic mass is 10.0. The Balaban J connectivity index is 2.23. The van der Waals surface area contributed by atoms with Gasteiger partial charge in [0, 0.05) is 18.8 Å². The third kappa shape index (κ3) is 2.93. The summed E-state index contributed by atoms with van der Waals surface area (Å²) >= 11 is 0. The van der Waals surface area contributed by atoms with Crippen LogP contribution in [0.3, 0.4) is 0 Å². The van der Waals surface area contributed by atoms with E-state index in [9.17, 15) is 9.90 Å². The molecule has 0 saturated heterocycles. The molecule has 2 aromatic rings. The van der Waals surface area contributed by atoms with Crippen LogP contribution in [-0.2, 0) is 11.2 Å². The van der Waals surface area contributed by atoms with Crippen molar-refractivity contribution < 1.29 is 15.0 Å². The van der Waals surface area contributed by atoms with Crippen LogP contribution in [0.5, 0.6) is 0 Å². The molecule has 0 aliphatic carbocycles. The molecule has 0 amide bonds. The van der Waals surface area contributed by atoms with Gasteiger partial charge in [0.15, 0.2) is 6.10 Å². The standard InChI is InChI=1S/C14H13NO3/c16-13(14(17)18)8-10-3-1-4-11(7-10)12-5-2-6-15-9-12/h1-7,9,13,16H,8H2,(H,17,18). The molecule has 0 spiro atoms. The van der Waals surface area contributed by atoms with Crippen molar-refractivity contribution in [1.82, 2.24) is 4.98 Å². The van der Waals surface area contributed by atoms with E-state index in [0.717, 1.165) is 16.7 Å². The van der Waals surface area contributed by atoms with Gasteiger partial charge in [0.1, 0.15) is 0 Å². The Morgan fingerprint density at radius 2 is 2.00 bits per heavy atom. The van der Waals surface area contributed by atoms with Gasteiger partial charge in [-0.05, 0) is 22.8 Å². The number of aliphatic carboxylic acids is 1. The summed E-state index contributed by atoms with van der Waals surface area (Å²) < 4.78 is 0. The highest BCUT2D eigenvalue weighted by Gasteiger charge is 2.13. The molecule has 0 bridgehead atoms. The first-order chi connectivity index (χ1) is 8.66. The van der Waals surface area contributed by atoms with Crippen molar-refractivity contribution >= 4 is 5.97 Å². The molecule has 0 aliphatic heterocycles. The molecule has 1 atom stereocenters. The normalized spacial score (nSPS) is 12.1. The summed E-state index contributed by atoms with van der Waals surface area (Å²) in [6, 6.07) is 11.2. The predicted molar refractivity (Wildman–Crippen MR) is 67.0 cm³/mol. The minimum absolute atomic E-state index is 0.101. The van der Waals surface area contributed by atoms with E-state index in [1.54, 1.807) is 18.5 Å². The largest absolute Gasteiger partial charge is 0.479 e. The smallest absolute Gasteiger partial charge is 0.332 e. The van der Waals surface area contributed by atoms with Crippen LogP contribution in [0.4, 0.5) is 0 Å². The van der Waals surface area contributed by atoms with Crippen LogP contribution in [-0.4, -0.2) is 27.3 Å². The molecule has 2 rings (SSSR count). The number of hydrogen-bond acceptors (Lipinski definition) is 3. The summed E-state index contributed by atoms with van der Waals surface area (Å²) in [5.41, 5.74) is 2.70. The molecule has 4 nitrogen and oxygen atoms in total. The zero-order valence-electron chi connectivity index (χ0n) is 9.65. The maximum Gasteiger partial charge on any atom is 0.332 e. The van der Waals surface area contributed by atoms with Crippen molar-refractivity contribution in [3.05, 3.63) is 54.4 Å². The molecule has 1 unspecified atom stereocenters. The van der Waals surface area contributed by atoms with Gasteiger partial charge in [-0.2, -0.15) is 0 Å². The van der Waals surface area contributed by atoms with Crippen LogP contribution >= 0.6 is 0 Å². The van der Waals surface area contributed by atoms with Gasteiger partial charge >= 0.3 is 5.97 Å². The number of aliphatic hydroxyl groups excluding tert-OH is 1. The van der Waals surface area contributed by atoms with E-state index in [0.29, 0.717) is 0 Å². The summed E-state index contributed by atoms with van der Waals surface area (Å²) in [4.78, 5) is 14.6. The van der Waals surface area contributed by atoms with Crippen LogP contribution in [0, 0.1) is 0 Å².